The first-order valence-corrected chi connectivity index (χ1v) is 13.0. The highest BCUT2D eigenvalue weighted by molar-refractivity contribution is 6.11. The second kappa shape index (κ2) is 12.7. The summed E-state index contributed by atoms with van der Waals surface area (Å²) in [5.74, 6) is 0.383. The second-order valence-corrected chi connectivity index (χ2v) is 9.66. The number of amides is 2. The first-order valence-electron chi connectivity index (χ1n) is 13.0. The number of rotatable bonds is 11. The number of hydrogen-bond acceptors (Lipinski definition) is 7. The quantitative estimate of drug-likeness (QED) is 0.243. The Morgan fingerprint density at radius 3 is 2.50 bits per heavy atom. The highest BCUT2D eigenvalue weighted by Crippen LogP contribution is 2.38. The number of nitrogens with one attached hydrogen (secondary N) is 2. The van der Waals surface area contributed by atoms with Crippen molar-refractivity contribution in [1.82, 2.24) is 5.32 Å². The lowest BCUT2D eigenvalue weighted by Crippen LogP contribution is -2.36. The molecule has 3 aromatic carbocycles. The molecule has 2 unspecified atom stereocenters. The van der Waals surface area contributed by atoms with E-state index in [0.717, 1.165) is 22.4 Å². The maximum atomic E-state index is 13.7. The van der Waals surface area contributed by atoms with E-state index in [2.05, 4.69) is 17.2 Å². The lowest BCUT2D eigenvalue weighted by Gasteiger charge is -2.24. The molecule has 9 nitrogen and oxygen atoms in total. The lowest BCUT2D eigenvalue weighted by molar-refractivity contribution is -0.117. The molecule has 3 aromatic rings. The Hall–Kier alpha value is -4.34. The molecule has 2 amide bonds. The number of nitrogen functional groups attached to an aromatic ring is 1. The Bertz CT molecular complexity index is 1410. The average Bonchev–Trinajstić information content (AvgIpc) is 3.34. The van der Waals surface area contributed by atoms with Crippen LogP contribution in [0.3, 0.4) is 0 Å². The Kier molecular flexibility index (Phi) is 9.08. The van der Waals surface area contributed by atoms with Crippen LogP contribution in [0.25, 0.3) is 0 Å². The fourth-order valence-electron chi connectivity index (χ4n) is 4.74. The van der Waals surface area contributed by atoms with Crippen molar-refractivity contribution in [3.05, 3.63) is 89.5 Å². The van der Waals surface area contributed by atoms with Gasteiger partial charge in [0.1, 0.15) is 6.61 Å². The number of hydrogen-bond donors (Lipinski definition) is 3. The molecule has 4 N–H and O–H groups in total. The van der Waals surface area contributed by atoms with Crippen molar-refractivity contribution in [3.63, 3.8) is 0 Å². The molecule has 0 saturated heterocycles. The van der Waals surface area contributed by atoms with Crippen molar-refractivity contribution in [2.24, 2.45) is 0 Å². The Morgan fingerprint density at radius 1 is 1.10 bits per heavy atom. The third-order valence-electron chi connectivity index (χ3n) is 6.92. The smallest absolute Gasteiger partial charge is 0.261 e. The molecule has 0 spiro atoms. The summed E-state index contributed by atoms with van der Waals surface area (Å²) in [6, 6.07) is 16.1. The van der Waals surface area contributed by atoms with Crippen LogP contribution >= 0.6 is 0 Å². The number of ether oxygens (including phenoxy) is 3. The Balaban J connectivity index is 1.58. The van der Waals surface area contributed by atoms with Gasteiger partial charge in [0, 0.05) is 30.2 Å². The number of para-hydroxylation sites is 1. The average molecular weight is 545 g/mol. The number of likely N-dealkylation sites (N-methyl/N-ethyl adjacent to an activating group) is 1. The topological polar surface area (TPSA) is 115 Å². The van der Waals surface area contributed by atoms with E-state index in [-0.39, 0.29) is 36.2 Å². The van der Waals surface area contributed by atoms with Gasteiger partial charge in [-0.15, -0.1) is 6.58 Å². The summed E-state index contributed by atoms with van der Waals surface area (Å²) in [7, 11) is 4.85. The van der Waals surface area contributed by atoms with E-state index in [1.165, 1.54) is 7.11 Å². The zero-order chi connectivity index (χ0) is 28.8. The van der Waals surface area contributed by atoms with Gasteiger partial charge >= 0.3 is 0 Å². The van der Waals surface area contributed by atoms with Crippen molar-refractivity contribution in [2.45, 2.75) is 38.6 Å². The van der Waals surface area contributed by atoms with Gasteiger partial charge in [0.15, 0.2) is 11.5 Å². The normalized spacial score (nSPS) is 14.8. The van der Waals surface area contributed by atoms with Gasteiger partial charge in [-0.05, 0) is 67.4 Å². The van der Waals surface area contributed by atoms with Crippen LogP contribution in [0.1, 0.15) is 34.0 Å². The molecule has 2 atom stereocenters. The van der Waals surface area contributed by atoms with Gasteiger partial charge in [-0.3, -0.25) is 9.59 Å². The molecule has 9 heteroatoms. The highest BCUT2D eigenvalue weighted by Gasteiger charge is 2.33. The number of anilines is 3. The summed E-state index contributed by atoms with van der Waals surface area (Å²) >= 11 is 0. The van der Waals surface area contributed by atoms with E-state index >= 15 is 0 Å². The second-order valence-electron chi connectivity index (χ2n) is 9.66. The van der Waals surface area contributed by atoms with Crippen LogP contribution in [0.4, 0.5) is 17.1 Å². The number of methoxy groups -OCH3 is 2. The molecule has 4 rings (SSSR count). The van der Waals surface area contributed by atoms with Crippen LogP contribution in [0, 0.1) is 0 Å². The zero-order valence-corrected chi connectivity index (χ0v) is 23.3. The van der Waals surface area contributed by atoms with Crippen molar-refractivity contribution in [3.8, 4) is 11.5 Å². The number of nitrogens with two attached hydrogens (primary N) is 1. The summed E-state index contributed by atoms with van der Waals surface area (Å²) in [5.41, 5.74) is 11.2. The summed E-state index contributed by atoms with van der Waals surface area (Å²) in [4.78, 5) is 27.8. The molecule has 1 heterocycles. The highest BCUT2D eigenvalue weighted by atomic mass is 16.5. The van der Waals surface area contributed by atoms with Crippen molar-refractivity contribution in [1.29, 1.82) is 0 Å². The number of carbonyl (C=O) groups excluding carboxylic acids is 2. The minimum absolute atomic E-state index is 0.155. The van der Waals surface area contributed by atoms with Crippen LogP contribution in [-0.4, -0.2) is 45.2 Å². The van der Waals surface area contributed by atoms with Gasteiger partial charge in [-0.2, -0.15) is 0 Å². The molecule has 0 bridgehead atoms. The predicted molar refractivity (Wildman–Crippen MR) is 157 cm³/mol. The molecular weight excluding hydrogens is 508 g/mol. The van der Waals surface area contributed by atoms with Gasteiger partial charge in [-0.1, -0.05) is 24.3 Å². The van der Waals surface area contributed by atoms with Crippen LogP contribution in [0.15, 0.2) is 67.3 Å². The minimum atomic E-state index is -0.352. The molecular formula is C31H36N4O5. The third kappa shape index (κ3) is 6.11. The standard InChI is InChI=1S/C31H36N4O5/c1-6-24-14-22-9-7-8-10-27(22)35(24)31(37)25-15-28(39-5)29(16-26(25)32)40-18-21-11-20(17-38-4)12-23(13-21)34-30(36)19(2)33-3/h6-13,15-16,19,24,33H,1,14,17-18,32H2,2-5H3,(H,34,36). The minimum Gasteiger partial charge on any atom is -0.493 e. The summed E-state index contributed by atoms with van der Waals surface area (Å²) in [6.45, 7) is 6.25. The molecule has 0 fully saturated rings. The molecule has 1 aliphatic rings. The number of carbonyl (C=O) groups is 2. The number of fused-ring (bicyclic) bond motifs is 1. The van der Waals surface area contributed by atoms with E-state index in [0.29, 0.717) is 35.8 Å². The SMILES string of the molecule is C=CC1Cc2ccccc2N1C(=O)c1cc(OC)c(OCc2cc(COC)cc(NC(=O)C(C)NC)c2)cc1N. The van der Waals surface area contributed by atoms with E-state index in [9.17, 15) is 9.59 Å². The van der Waals surface area contributed by atoms with E-state index in [4.69, 9.17) is 19.9 Å². The van der Waals surface area contributed by atoms with E-state index in [1.54, 1.807) is 44.2 Å². The molecule has 0 aromatic heterocycles. The lowest BCUT2D eigenvalue weighted by atomic mass is 10.1. The third-order valence-corrected chi connectivity index (χ3v) is 6.92. The van der Waals surface area contributed by atoms with Gasteiger partial charge in [0.25, 0.3) is 5.91 Å². The van der Waals surface area contributed by atoms with Gasteiger partial charge in [-0.25, -0.2) is 0 Å². The molecule has 1 aliphatic heterocycles. The van der Waals surface area contributed by atoms with Crippen LogP contribution in [-0.2, 0) is 29.2 Å². The van der Waals surface area contributed by atoms with Crippen LogP contribution in [0.5, 0.6) is 11.5 Å². The number of nitrogens with zero attached hydrogens (tertiary/aromatic N) is 1. The molecule has 40 heavy (non-hydrogen) atoms. The first kappa shape index (κ1) is 28.7. The fraction of sp³-hybridized carbons (Fsp3) is 0.290. The van der Waals surface area contributed by atoms with Crippen molar-refractivity contribution >= 4 is 28.9 Å². The van der Waals surface area contributed by atoms with Crippen LogP contribution in [0.2, 0.25) is 0 Å². The zero-order valence-electron chi connectivity index (χ0n) is 23.3. The van der Waals surface area contributed by atoms with Crippen molar-refractivity contribution in [2.75, 3.05) is 37.2 Å². The fourth-order valence-corrected chi connectivity index (χ4v) is 4.74. The largest absolute Gasteiger partial charge is 0.493 e. The Morgan fingerprint density at radius 2 is 1.82 bits per heavy atom. The summed E-state index contributed by atoms with van der Waals surface area (Å²) in [6.07, 6.45) is 2.47. The van der Waals surface area contributed by atoms with Gasteiger partial charge in [0.05, 0.1) is 31.4 Å². The molecule has 210 valence electrons. The van der Waals surface area contributed by atoms with Crippen molar-refractivity contribution < 1.29 is 23.8 Å². The first-order chi connectivity index (χ1) is 19.3. The van der Waals surface area contributed by atoms with E-state index in [1.807, 2.05) is 42.5 Å². The summed E-state index contributed by atoms with van der Waals surface area (Å²) < 4.78 is 17.0. The predicted octanol–water partition coefficient (Wildman–Crippen LogP) is 4.31. The molecule has 0 aliphatic carbocycles. The summed E-state index contributed by atoms with van der Waals surface area (Å²) in [5, 5.41) is 5.84. The maximum absolute atomic E-state index is 13.7. The van der Waals surface area contributed by atoms with Gasteiger partial charge < -0.3 is 35.5 Å². The Labute approximate surface area is 234 Å². The number of benzene rings is 3. The molecule has 0 radical (unpaired) electrons. The van der Waals surface area contributed by atoms with E-state index < -0.39 is 0 Å². The monoisotopic (exact) mass is 544 g/mol. The van der Waals surface area contributed by atoms with Crippen LogP contribution < -0.4 is 30.7 Å². The maximum Gasteiger partial charge on any atom is 0.261 e. The molecule has 0 saturated carbocycles. The van der Waals surface area contributed by atoms with Gasteiger partial charge in [0.2, 0.25) is 5.91 Å².